The van der Waals surface area contributed by atoms with E-state index < -0.39 is 5.97 Å². The molecule has 4 rings (SSSR count). The molecule has 0 atom stereocenters. The zero-order chi connectivity index (χ0) is 17.4. The van der Waals surface area contributed by atoms with Crippen LogP contribution in [0.4, 0.5) is 5.69 Å². The van der Waals surface area contributed by atoms with E-state index in [0.717, 1.165) is 16.8 Å². The molecule has 0 radical (unpaired) electrons. The van der Waals surface area contributed by atoms with E-state index in [4.69, 9.17) is 5.73 Å². The minimum absolute atomic E-state index is 0.105. The lowest BCUT2D eigenvalue weighted by Crippen LogP contribution is -2.03. The van der Waals surface area contributed by atoms with Crippen LogP contribution in [0.5, 0.6) is 0 Å². The van der Waals surface area contributed by atoms with Crippen molar-refractivity contribution in [1.82, 2.24) is 14.6 Å². The third-order valence-electron chi connectivity index (χ3n) is 3.95. The van der Waals surface area contributed by atoms with Gasteiger partial charge in [-0.3, -0.25) is 0 Å². The number of aromatic carboxylic acids is 1. The smallest absolute Gasteiger partial charge is 0.339 e. The Morgan fingerprint density at radius 1 is 0.920 bits per heavy atom. The Morgan fingerprint density at radius 2 is 1.64 bits per heavy atom. The van der Waals surface area contributed by atoms with E-state index in [1.807, 2.05) is 42.5 Å². The fourth-order valence-electron chi connectivity index (χ4n) is 2.71. The van der Waals surface area contributed by atoms with Gasteiger partial charge >= 0.3 is 5.97 Å². The molecule has 0 saturated carbocycles. The van der Waals surface area contributed by atoms with E-state index >= 15 is 0 Å². The lowest BCUT2D eigenvalue weighted by Gasteiger charge is -2.05. The molecule has 3 N–H and O–H groups in total. The van der Waals surface area contributed by atoms with Crippen LogP contribution in [0.15, 0.2) is 66.7 Å². The molecule has 4 aromatic rings. The number of pyridine rings is 1. The van der Waals surface area contributed by atoms with Crippen LogP contribution in [0.3, 0.4) is 0 Å². The van der Waals surface area contributed by atoms with E-state index in [9.17, 15) is 9.90 Å². The highest BCUT2D eigenvalue weighted by Crippen LogP contribution is 2.25. The molecule has 2 aromatic heterocycles. The number of anilines is 1. The molecule has 2 aromatic carbocycles. The van der Waals surface area contributed by atoms with Crippen molar-refractivity contribution in [2.75, 3.05) is 5.73 Å². The topological polar surface area (TPSA) is 93.5 Å². The number of carboxylic acids is 1. The van der Waals surface area contributed by atoms with Crippen molar-refractivity contribution in [3.05, 3.63) is 72.3 Å². The lowest BCUT2D eigenvalue weighted by molar-refractivity contribution is 0.0698. The second-order valence-corrected chi connectivity index (χ2v) is 5.60. The predicted octanol–water partition coefficient (Wildman–Crippen LogP) is 3.34. The van der Waals surface area contributed by atoms with Crippen molar-refractivity contribution in [2.45, 2.75) is 0 Å². The molecule has 0 bridgehead atoms. The van der Waals surface area contributed by atoms with Gasteiger partial charge in [-0.05, 0) is 36.4 Å². The molecule has 0 unspecified atom stereocenters. The zero-order valence-corrected chi connectivity index (χ0v) is 13.1. The predicted molar refractivity (Wildman–Crippen MR) is 95.2 cm³/mol. The minimum atomic E-state index is -1.04. The Labute approximate surface area is 143 Å². The first kappa shape index (κ1) is 14.9. The van der Waals surface area contributed by atoms with Crippen LogP contribution in [0, 0.1) is 0 Å². The SMILES string of the molecule is Nc1ccc(-c2nc3c(C(=O)O)ccc(-c4ccccc4)n3n2)cc1. The van der Waals surface area contributed by atoms with Crippen LogP contribution < -0.4 is 5.73 Å². The maximum Gasteiger partial charge on any atom is 0.339 e. The van der Waals surface area contributed by atoms with Crippen molar-refractivity contribution < 1.29 is 9.90 Å². The van der Waals surface area contributed by atoms with Crippen molar-refractivity contribution in [2.24, 2.45) is 0 Å². The van der Waals surface area contributed by atoms with Gasteiger partial charge in [0.25, 0.3) is 0 Å². The number of hydrogen-bond acceptors (Lipinski definition) is 4. The van der Waals surface area contributed by atoms with Gasteiger partial charge < -0.3 is 10.8 Å². The van der Waals surface area contributed by atoms with Gasteiger partial charge in [-0.2, -0.15) is 0 Å². The summed E-state index contributed by atoms with van der Waals surface area (Å²) in [7, 11) is 0. The lowest BCUT2D eigenvalue weighted by atomic mass is 10.1. The van der Waals surface area contributed by atoms with Gasteiger partial charge in [-0.15, -0.1) is 5.10 Å². The molecule has 0 aliphatic carbocycles. The fourth-order valence-corrected chi connectivity index (χ4v) is 2.71. The summed E-state index contributed by atoms with van der Waals surface area (Å²) in [6.07, 6.45) is 0. The van der Waals surface area contributed by atoms with Gasteiger partial charge in [-0.25, -0.2) is 14.3 Å². The normalized spacial score (nSPS) is 10.9. The van der Waals surface area contributed by atoms with E-state index in [1.165, 1.54) is 0 Å². The minimum Gasteiger partial charge on any atom is -0.478 e. The molecule has 0 saturated heterocycles. The highest BCUT2D eigenvalue weighted by molar-refractivity contribution is 5.95. The maximum atomic E-state index is 11.6. The summed E-state index contributed by atoms with van der Waals surface area (Å²) in [5.41, 5.74) is 9.25. The molecule has 6 nitrogen and oxygen atoms in total. The molecular formula is C19H14N4O2. The Hall–Kier alpha value is -3.67. The van der Waals surface area contributed by atoms with Crippen LogP contribution in [0.25, 0.3) is 28.3 Å². The third-order valence-corrected chi connectivity index (χ3v) is 3.95. The second kappa shape index (κ2) is 5.76. The summed E-state index contributed by atoms with van der Waals surface area (Å²) in [4.78, 5) is 16.0. The molecule has 0 fully saturated rings. The standard InChI is InChI=1S/C19H14N4O2/c20-14-8-6-13(7-9-14)17-21-18-15(19(24)25)10-11-16(23(18)22-17)12-4-2-1-3-5-12/h1-11H,20H2,(H,24,25). The first-order valence-electron chi connectivity index (χ1n) is 7.68. The van der Waals surface area contributed by atoms with Gasteiger partial charge in [0.2, 0.25) is 0 Å². The summed E-state index contributed by atoms with van der Waals surface area (Å²) < 4.78 is 1.57. The van der Waals surface area contributed by atoms with Gasteiger partial charge in [0.05, 0.1) is 5.69 Å². The number of benzene rings is 2. The summed E-state index contributed by atoms with van der Waals surface area (Å²) in [6.45, 7) is 0. The maximum absolute atomic E-state index is 11.6. The average molecular weight is 330 g/mol. The first-order valence-corrected chi connectivity index (χ1v) is 7.68. The van der Waals surface area contributed by atoms with E-state index in [-0.39, 0.29) is 5.56 Å². The van der Waals surface area contributed by atoms with Gasteiger partial charge in [0, 0.05) is 16.8 Å². The number of aromatic nitrogens is 3. The number of nitrogens with zero attached hydrogens (tertiary/aromatic N) is 3. The number of fused-ring (bicyclic) bond motifs is 1. The Bertz CT molecular complexity index is 1070. The van der Waals surface area contributed by atoms with Crippen molar-refractivity contribution in [3.63, 3.8) is 0 Å². The molecule has 0 amide bonds. The van der Waals surface area contributed by atoms with Crippen LogP contribution in [-0.4, -0.2) is 25.7 Å². The van der Waals surface area contributed by atoms with Gasteiger partial charge in [0.1, 0.15) is 5.56 Å². The largest absolute Gasteiger partial charge is 0.478 e. The summed E-state index contributed by atoms with van der Waals surface area (Å²) in [6, 6.07) is 20.1. The van der Waals surface area contributed by atoms with Crippen LogP contribution >= 0.6 is 0 Å². The van der Waals surface area contributed by atoms with Crippen LogP contribution in [0.2, 0.25) is 0 Å². The molecule has 122 valence electrons. The van der Waals surface area contributed by atoms with Crippen molar-refractivity contribution >= 4 is 17.3 Å². The average Bonchev–Trinajstić information content (AvgIpc) is 3.07. The third kappa shape index (κ3) is 2.59. The highest BCUT2D eigenvalue weighted by atomic mass is 16.4. The number of carboxylic acid groups (broad SMARTS) is 1. The number of carbonyl (C=O) groups is 1. The van der Waals surface area contributed by atoms with Gasteiger partial charge in [0.15, 0.2) is 11.5 Å². The summed E-state index contributed by atoms with van der Waals surface area (Å²) in [5.74, 6) is -0.591. The quantitative estimate of drug-likeness (QED) is 0.562. The number of rotatable bonds is 3. The fraction of sp³-hybridized carbons (Fsp3) is 0. The van der Waals surface area contributed by atoms with Gasteiger partial charge in [-0.1, -0.05) is 30.3 Å². The van der Waals surface area contributed by atoms with Crippen molar-refractivity contribution in [1.29, 1.82) is 0 Å². The van der Waals surface area contributed by atoms with Crippen LogP contribution in [0.1, 0.15) is 10.4 Å². The van der Waals surface area contributed by atoms with Crippen LogP contribution in [-0.2, 0) is 0 Å². The van der Waals surface area contributed by atoms with E-state index in [2.05, 4.69) is 10.1 Å². The molecule has 25 heavy (non-hydrogen) atoms. The van der Waals surface area contributed by atoms with E-state index in [1.54, 1.807) is 28.8 Å². The molecule has 0 aliphatic rings. The Morgan fingerprint density at radius 3 is 2.32 bits per heavy atom. The molecule has 6 heteroatoms. The Kier molecular flexibility index (Phi) is 3.43. The molecule has 0 spiro atoms. The molecular weight excluding hydrogens is 316 g/mol. The number of hydrogen-bond donors (Lipinski definition) is 2. The first-order chi connectivity index (χ1) is 12.1. The number of nitrogens with two attached hydrogens (primary N) is 1. The second-order valence-electron chi connectivity index (χ2n) is 5.60. The van der Waals surface area contributed by atoms with Crippen molar-refractivity contribution in [3.8, 4) is 22.6 Å². The Balaban J connectivity index is 1.98. The zero-order valence-electron chi connectivity index (χ0n) is 13.1. The number of nitrogen functional groups attached to an aromatic ring is 1. The molecule has 2 heterocycles. The molecule has 0 aliphatic heterocycles. The summed E-state index contributed by atoms with van der Waals surface area (Å²) in [5, 5.41) is 14.0. The highest BCUT2D eigenvalue weighted by Gasteiger charge is 2.17. The summed E-state index contributed by atoms with van der Waals surface area (Å²) >= 11 is 0. The van der Waals surface area contributed by atoms with E-state index in [0.29, 0.717) is 17.2 Å². The monoisotopic (exact) mass is 330 g/mol.